The average molecular weight is 431 g/mol. The summed E-state index contributed by atoms with van der Waals surface area (Å²) in [5.41, 5.74) is 0. The van der Waals surface area contributed by atoms with Gasteiger partial charge >= 0.3 is 87.6 Å². The molecule has 0 atom stereocenters. The Hall–Kier alpha value is 1.26. The number of rotatable bonds is 16. The Balaban J connectivity index is -0.000000363. The van der Waals surface area contributed by atoms with Crippen LogP contribution in [0, 0.1) is 0 Å². The van der Waals surface area contributed by atoms with Crippen LogP contribution < -0.4 is 0 Å². The molecule has 0 amide bonds. The van der Waals surface area contributed by atoms with Gasteiger partial charge in [0, 0.05) is 6.42 Å². The van der Waals surface area contributed by atoms with Crippen LogP contribution in [0.5, 0.6) is 0 Å². The molecule has 0 aliphatic carbocycles. The Morgan fingerprint density at radius 1 is 0.538 bits per heavy atom. The molecule has 0 aromatic heterocycles. The van der Waals surface area contributed by atoms with Crippen LogP contribution in [0.25, 0.3) is 0 Å². The van der Waals surface area contributed by atoms with E-state index in [4.69, 9.17) is 20.1 Å². The third-order valence-corrected chi connectivity index (χ3v) is 3.99. The Morgan fingerprint density at radius 3 is 1.00 bits per heavy atom. The van der Waals surface area contributed by atoms with Crippen molar-refractivity contribution in [2.24, 2.45) is 0 Å². The molecule has 0 bridgehead atoms. The molecule has 0 aromatic carbocycles. The van der Waals surface area contributed by atoms with Crippen molar-refractivity contribution in [3.63, 3.8) is 0 Å². The van der Waals surface area contributed by atoms with Crippen molar-refractivity contribution in [2.45, 2.75) is 110 Å². The van der Waals surface area contributed by atoms with Gasteiger partial charge in [0.2, 0.25) is 0 Å². The van der Waals surface area contributed by atoms with Gasteiger partial charge in [-0.25, -0.2) is 4.79 Å². The molecule has 0 rings (SSSR count). The first-order chi connectivity index (χ1) is 11.5. The second-order valence-electron chi connectivity index (χ2n) is 6.38. The zero-order chi connectivity index (χ0) is 18.5. The van der Waals surface area contributed by atoms with E-state index in [9.17, 15) is 4.79 Å². The number of hydrogen-bond acceptors (Lipinski definition) is 2. The van der Waals surface area contributed by atoms with Crippen molar-refractivity contribution in [2.75, 3.05) is 0 Å². The van der Waals surface area contributed by atoms with Gasteiger partial charge in [0.15, 0.2) is 0 Å². The average Bonchev–Trinajstić information content (AvgIpc) is 2.50. The van der Waals surface area contributed by atoms with Crippen LogP contribution >= 0.6 is 0 Å². The molecule has 0 heterocycles. The monoisotopic (exact) mass is 430 g/mol. The molecule has 0 radical (unpaired) electrons. The van der Waals surface area contributed by atoms with Crippen molar-refractivity contribution < 1.29 is 24.9 Å². The van der Waals surface area contributed by atoms with Gasteiger partial charge in [0.25, 0.3) is 0 Å². The van der Waals surface area contributed by atoms with Crippen LogP contribution in [0.2, 0.25) is 0 Å². The van der Waals surface area contributed by atoms with Gasteiger partial charge in [0.05, 0.1) is 0 Å². The Bertz CT molecular complexity index is 285. The van der Waals surface area contributed by atoms with Gasteiger partial charge < -0.3 is 15.3 Å². The van der Waals surface area contributed by atoms with E-state index in [0.717, 1.165) is 12.8 Å². The number of hydrogen-bond donors (Lipinski definition) is 3. The van der Waals surface area contributed by atoms with Crippen LogP contribution in [0.1, 0.15) is 110 Å². The van der Waals surface area contributed by atoms with E-state index < -0.39 is 12.1 Å². The second kappa shape index (κ2) is 31.0. The van der Waals surface area contributed by atoms with Gasteiger partial charge in [-0.05, 0) is 6.42 Å². The van der Waals surface area contributed by atoms with Crippen molar-refractivity contribution in [3.05, 3.63) is 0 Å². The molecule has 0 fully saturated rings. The summed E-state index contributed by atoms with van der Waals surface area (Å²) < 4.78 is 0. The van der Waals surface area contributed by atoms with Gasteiger partial charge in [-0.2, -0.15) is 0 Å². The van der Waals surface area contributed by atoms with Crippen molar-refractivity contribution in [1.29, 1.82) is 0 Å². The number of carboxylic acid groups (broad SMARTS) is 3. The minimum absolute atomic E-state index is 0. The molecule has 7 heteroatoms. The quantitative estimate of drug-likeness (QED) is 0.243. The normalized spacial score (nSPS) is 9.27. The van der Waals surface area contributed by atoms with Gasteiger partial charge in [-0.3, -0.25) is 4.79 Å². The number of unbranched alkanes of at least 4 members (excludes halogenated alkanes) is 14. The minimum atomic E-state index is -1.83. The fraction of sp³-hybridized carbons (Fsp3) is 0.895. The molecule has 0 aromatic rings. The fourth-order valence-corrected chi connectivity index (χ4v) is 2.65. The summed E-state index contributed by atoms with van der Waals surface area (Å²) in [6.07, 6.45) is 18.4. The molecule has 0 saturated heterocycles. The van der Waals surface area contributed by atoms with E-state index in [2.05, 4.69) is 6.92 Å². The summed E-state index contributed by atoms with van der Waals surface area (Å²) in [7, 11) is 0. The molecule has 0 saturated carbocycles. The van der Waals surface area contributed by atoms with Gasteiger partial charge in [-0.1, -0.05) is 96.8 Å². The molecule has 0 aliphatic heterocycles. The maximum absolute atomic E-state index is 10.3. The molecular weight excluding hydrogens is 388 g/mol. The maximum atomic E-state index is 10.3. The van der Waals surface area contributed by atoms with E-state index >= 15 is 0 Å². The van der Waals surface area contributed by atoms with E-state index in [1.54, 1.807) is 0 Å². The van der Waals surface area contributed by atoms with Crippen LogP contribution in [0.3, 0.4) is 0 Å². The van der Waals surface area contributed by atoms with Crippen LogP contribution in [-0.4, -0.2) is 103 Å². The summed E-state index contributed by atoms with van der Waals surface area (Å²) >= 11 is 0. The topological polar surface area (TPSA) is 94.8 Å². The van der Waals surface area contributed by atoms with Gasteiger partial charge in [0.1, 0.15) is 0 Å². The standard InChI is InChI=1S/C18H36O2.CH2O3.2Ca.4H/c1-2-3-4-5-6-7-8-9-10-11-12-13-14-15-16-17-18(19)20;2-1(3)4;;;;;;/h2-17H2,1H3,(H,19,20);(H2,2,3,4);;;;;;. The molecule has 3 N–H and O–H groups in total. The number of carboxylic acids is 1. The van der Waals surface area contributed by atoms with Gasteiger partial charge in [-0.15, -0.1) is 0 Å². The molecule has 0 aliphatic rings. The molecule has 0 spiro atoms. The van der Waals surface area contributed by atoms with E-state index in [1.807, 2.05) is 0 Å². The molecular formula is C19H42Ca2O5. The fourth-order valence-electron chi connectivity index (χ4n) is 2.65. The Labute approximate surface area is 219 Å². The Kier molecular flexibility index (Phi) is 41.4. The first-order valence-corrected chi connectivity index (χ1v) is 9.64. The summed E-state index contributed by atoms with van der Waals surface area (Å²) in [6, 6.07) is 0. The van der Waals surface area contributed by atoms with Crippen LogP contribution in [-0.2, 0) is 4.79 Å². The van der Waals surface area contributed by atoms with Crippen molar-refractivity contribution in [1.82, 2.24) is 0 Å². The third kappa shape index (κ3) is 44.6. The number of aliphatic carboxylic acids is 1. The predicted octanol–water partition coefficient (Wildman–Crippen LogP) is 4.72. The van der Waals surface area contributed by atoms with E-state index in [1.165, 1.54) is 83.5 Å². The first kappa shape index (κ1) is 34.7. The molecule has 152 valence electrons. The Morgan fingerprint density at radius 2 is 0.769 bits per heavy atom. The number of carbonyl (C=O) groups is 2. The van der Waals surface area contributed by atoms with E-state index in [-0.39, 0.29) is 75.5 Å². The summed E-state index contributed by atoms with van der Waals surface area (Å²) in [5, 5.41) is 22.5. The van der Waals surface area contributed by atoms with Crippen LogP contribution in [0.15, 0.2) is 0 Å². The predicted molar refractivity (Wildman–Crippen MR) is 115 cm³/mol. The summed E-state index contributed by atoms with van der Waals surface area (Å²) in [5.74, 6) is -0.653. The third-order valence-electron chi connectivity index (χ3n) is 3.99. The summed E-state index contributed by atoms with van der Waals surface area (Å²) in [6.45, 7) is 2.27. The van der Waals surface area contributed by atoms with Crippen molar-refractivity contribution >= 4 is 87.6 Å². The first-order valence-electron chi connectivity index (χ1n) is 9.64. The summed E-state index contributed by atoms with van der Waals surface area (Å²) in [4.78, 5) is 18.9. The SMILES string of the molecule is CCCCCCCCCCCCCCCCCC(=O)O.O=C(O)O.[CaH2].[CaH2]. The molecule has 26 heavy (non-hydrogen) atoms. The molecule has 0 unspecified atom stereocenters. The zero-order valence-corrected chi connectivity index (χ0v) is 15.5. The van der Waals surface area contributed by atoms with Crippen LogP contribution in [0.4, 0.5) is 4.79 Å². The van der Waals surface area contributed by atoms with Crippen molar-refractivity contribution in [3.8, 4) is 0 Å². The van der Waals surface area contributed by atoms with E-state index in [0.29, 0.717) is 6.42 Å². The zero-order valence-electron chi connectivity index (χ0n) is 15.5. The molecule has 5 nitrogen and oxygen atoms in total. The second-order valence-corrected chi connectivity index (χ2v) is 6.38.